The molecule has 6 nitrogen and oxygen atoms in total. The Morgan fingerprint density at radius 2 is 1.72 bits per heavy atom. The molecule has 2 heterocycles. The molecular weight excluding hydrogens is 383 g/mol. The van der Waals surface area contributed by atoms with Gasteiger partial charge in [0.1, 0.15) is 0 Å². The first kappa shape index (κ1) is 21.0. The normalized spacial score (nSPS) is 15.4. The molecule has 0 saturated carbocycles. The van der Waals surface area contributed by atoms with Gasteiger partial charge in [0.05, 0.1) is 29.1 Å². The van der Waals surface area contributed by atoms with Gasteiger partial charge < -0.3 is 15.1 Å². The van der Waals surface area contributed by atoms with Gasteiger partial charge in [-0.05, 0) is 32.5 Å². The first-order valence-corrected chi connectivity index (χ1v) is 9.38. The van der Waals surface area contributed by atoms with Crippen molar-refractivity contribution in [1.29, 1.82) is 0 Å². The van der Waals surface area contributed by atoms with Crippen LogP contribution in [0.3, 0.4) is 0 Å². The molecule has 0 unspecified atom stereocenters. The lowest BCUT2D eigenvalue weighted by Gasteiger charge is -2.32. The summed E-state index contributed by atoms with van der Waals surface area (Å²) in [5.74, 6) is 0.218. The van der Waals surface area contributed by atoms with E-state index in [0.717, 1.165) is 38.3 Å². The summed E-state index contributed by atoms with van der Waals surface area (Å²) >= 11 is 0. The van der Waals surface area contributed by atoms with Gasteiger partial charge in [0.25, 0.3) is 0 Å². The van der Waals surface area contributed by atoms with Gasteiger partial charge in [0.2, 0.25) is 11.9 Å². The molecule has 1 aliphatic rings. The SMILES string of the molecule is Cc1nc(N2CCN(C)CC2)nc(C)c1NC(=O)Cc1cccc(C(F)(F)F)c1. The van der Waals surface area contributed by atoms with E-state index in [9.17, 15) is 18.0 Å². The summed E-state index contributed by atoms with van der Waals surface area (Å²) in [5.41, 5.74) is 1.28. The van der Waals surface area contributed by atoms with Crippen LogP contribution >= 0.6 is 0 Å². The molecule has 0 spiro atoms. The largest absolute Gasteiger partial charge is 0.416 e. The molecule has 1 aliphatic heterocycles. The van der Waals surface area contributed by atoms with Crippen LogP contribution in [0.4, 0.5) is 24.8 Å². The van der Waals surface area contributed by atoms with Crippen molar-refractivity contribution in [2.45, 2.75) is 26.4 Å². The standard InChI is InChI=1S/C20H24F3N5O/c1-13-18(14(2)25-19(24-13)28-9-7-27(3)8-10-28)26-17(29)12-15-5-4-6-16(11-15)20(21,22)23/h4-6,11H,7-10,12H2,1-3H3,(H,26,29). The van der Waals surface area contributed by atoms with E-state index < -0.39 is 17.6 Å². The van der Waals surface area contributed by atoms with Crippen LogP contribution in [0.2, 0.25) is 0 Å². The Balaban J connectivity index is 1.71. The van der Waals surface area contributed by atoms with Crippen molar-refractivity contribution in [1.82, 2.24) is 14.9 Å². The summed E-state index contributed by atoms with van der Waals surface area (Å²) in [6.07, 6.45) is -4.60. The summed E-state index contributed by atoms with van der Waals surface area (Å²) < 4.78 is 38.5. The van der Waals surface area contributed by atoms with Gasteiger partial charge >= 0.3 is 6.18 Å². The molecule has 0 atom stereocenters. The van der Waals surface area contributed by atoms with Gasteiger partial charge in [0, 0.05) is 26.2 Å². The van der Waals surface area contributed by atoms with Crippen molar-refractivity contribution in [2.75, 3.05) is 43.4 Å². The minimum Gasteiger partial charge on any atom is -0.338 e. The predicted molar refractivity (Wildman–Crippen MR) is 105 cm³/mol. The number of anilines is 2. The van der Waals surface area contributed by atoms with Crippen molar-refractivity contribution in [2.24, 2.45) is 0 Å². The molecule has 0 bridgehead atoms. The summed E-state index contributed by atoms with van der Waals surface area (Å²) in [4.78, 5) is 25.8. The highest BCUT2D eigenvalue weighted by Crippen LogP contribution is 2.29. The first-order valence-electron chi connectivity index (χ1n) is 9.38. The van der Waals surface area contributed by atoms with Crippen LogP contribution in [0.25, 0.3) is 0 Å². The van der Waals surface area contributed by atoms with Gasteiger partial charge in [-0.2, -0.15) is 13.2 Å². The fourth-order valence-electron chi connectivity index (χ4n) is 3.25. The van der Waals surface area contributed by atoms with Crippen molar-refractivity contribution >= 4 is 17.5 Å². The third kappa shape index (κ3) is 5.23. The third-order valence-electron chi connectivity index (χ3n) is 4.93. The molecule has 1 N–H and O–H groups in total. The lowest BCUT2D eigenvalue weighted by Crippen LogP contribution is -2.45. The molecular formula is C20H24F3N5O. The fraction of sp³-hybridized carbons (Fsp3) is 0.450. The lowest BCUT2D eigenvalue weighted by molar-refractivity contribution is -0.137. The molecule has 1 fully saturated rings. The number of likely N-dealkylation sites (N-methyl/N-ethyl adjacent to an activating group) is 1. The predicted octanol–water partition coefficient (Wildman–Crippen LogP) is 3.05. The second-order valence-corrected chi connectivity index (χ2v) is 7.28. The van der Waals surface area contributed by atoms with Gasteiger partial charge in [-0.1, -0.05) is 18.2 Å². The van der Waals surface area contributed by atoms with Crippen LogP contribution in [0.5, 0.6) is 0 Å². The number of hydrogen-bond donors (Lipinski definition) is 1. The van der Waals surface area contributed by atoms with Crippen LogP contribution in [0.15, 0.2) is 24.3 Å². The molecule has 29 heavy (non-hydrogen) atoms. The number of aromatic nitrogens is 2. The van der Waals surface area contributed by atoms with Crippen LogP contribution in [-0.2, 0) is 17.4 Å². The lowest BCUT2D eigenvalue weighted by atomic mass is 10.1. The van der Waals surface area contributed by atoms with E-state index in [1.807, 2.05) is 0 Å². The topological polar surface area (TPSA) is 61.4 Å². The molecule has 1 saturated heterocycles. The zero-order chi connectivity index (χ0) is 21.2. The van der Waals surface area contributed by atoms with E-state index in [1.54, 1.807) is 13.8 Å². The number of nitrogens with one attached hydrogen (secondary N) is 1. The molecule has 9 heteroatoms. The Labute approximate surface area is 167 Å². The van der Waals surface area contributed by atoms with Crippen LogP contribution in [0.1, 0.15) is 22.5 Å². The third-order valence-corrected chi connectivity index (χ3v) is 4.93. The maximum Gasteiger partial charge on any atom is 0.416 e. The van der Waals surface area contributed by atoms with E-state index in [0.29, 0.717) is 28.6 Å². The molecule has 1 amide bonds. The van der Waals surface area contributed by atoms with Crippen LogP contribution in [0, 0.1) is 13.8 Å². The van der Waals surface area contributed by atoms with Gasteiger partial charge in [-0.25, -0.2) is 9.97 Å². The first-order chi connectivity index (χ1) is 13.6. The minimum absolute atomic E-state index is 0.164. The van der Waals surface area contributed by atoms with Crippen molar-refractivity contribution < 1.29 is 18.0 Å². The Morgan fingerprint density at radius 1 is 1.10 bits per heavy atom. The maximum atomic E-state index is 12.8. The van der Waals surface area contributed by atoms with Crippen molar-refractivity contribution in [3.8, 4) is 0 Å². The molecule has 2 aromatic rings. The fourth-order valence-corrected chi connectivity index (χ4v) is 3.25. The number of benzene rings is 1. The molecule has 156 valence electrons. The number of nitrogens with zero attached hydrogens (tertiary/aromatic N) is 4. The summed E-state index contributed by atoms with van der Waals surface area (Å²) in [6.45, 7) is 7.09. The monoisotopic (exact) mass is 407 g/mol. The van der Waals surface area contributed by atoms with E-state index in [4.69, 9.17) is 0 Å². The van der Waals surface area contributed by atoms with Crippen LogP contribution in [-0.4, -0.2) is 54.0 Å². The van der Waals surface area contributed by atoms with E-state index in [1.165, 1.54) is 12.1 Å². The molecule has 1 aromatic heterocycles. The number of halogens is 3. The number of alkyl halides is 3. The number of carbonyl (C=O) groups excluding carboxylic acids is 1. The van der Waals surface area contributed by atoms with Crippen molar-refractivity contribution in [3.05, 3.63) is 46.8 Å². The number of hydrogen-bond acceptors (Lipinski definition) is 5. The molecule has 0 radical (unpaired) electrons. The molecule has 1 aromatic carbocycles. The van der Waals surface area contributed by atoms with Gasteiger partial charge in [-0.3, -0.25) is 4.79 Å². The van der Waals surface area contributed by atoms with Crippen LogP contribution < -0.4 is 10.2 Å². The number of piperazine rings is 1. The highest BCUT2D eigenvalue weighted by Gasteiger charge is 2.30. The number of rotatable bonds is 4. The average Bonchev–Trinajstić information content (AvgIpc) is 2.64. The van der Waals surface area contributed by atoms with Gasteiger partial charge in [0.15, 0.2) is 0 Å². The summed E-state index contributed by atoms with van der Waals surface area (Å²) in [5, 5.41) is 2.75. The minimum atomic E-state index is -4.44. The molecule has 3 rings (SSSR count). The second kappa shape index (κ2) is 8.36. The number of carbonyl (C=O) groups is 1. The van der Waals surface area contributed by atoms with Crippen molar-refractivity contribution in [3.63, 3.8) is 0 Å². The summed E-state index contributed by atoms with van der Waals surface area (Å²) in [7, 11) is 2.07. The number of aryl methyl sites for hydroxylation is 2. The quantitative estimate of drug-likeness (QED) is 0.844. The Bertz CT molecular complexity index is 869. The van der Waals surface area contributed by atoms with E-state index in [-0.39, 0.29) is 6.42 Å². The Hall–Kier alpha value is -2.68. The average molecular weight is 407 g/mol. The number of amides is 1. The smallest absolute Gasteiger partial charge is 0.338 e. The zero-order valence-corrected chi connectivity index (χ0v) is 16.7. The van der Waals surface area contributed by atoms with E-state index >= 15 is 0 Å². The Morgan fingerprint density at radius 3 is 2.31 bits per heavy atom. The van der Waals surface area contributed by atoms with Gasteiger partial charge in [-0.15, -0.1) is 0 Å². The zero-order valence-electron chi connectivity index (χ0n) is 16.7. The highest BCUT2D eigenvalue weighted by atomic mass is 19.4. The molecule has 0 aliphatic carbocycles. The Kier molecular flexibility index (Phi) is 6.07. The maximum absolute atomic E-state index is 12.8. The summed E-state index contributed by atoms with van der Waals surface area (Å²) in [6, 6.07) is 4.78. The highest BCUT2D eigenvalue weighted by molar-refractivity contribution is 5.93. The second-order valence-electron chi connectivity index (χ2n) is 7.28. The van der Waals surface area contributed by atoms with E-state index in [2.05, 4.69) is 32.1 Å².